The highest BCUT2D eigenvalue weighted by molar-refractivity contribution is 7.92. The average Bonchev–Trinajstić information content (AvgIpc) is 3.70. The van der Waals surface area contributed by atoms with Gasteiger partial charge in [0, 0.05) is 65.7 Å². The number of sulfonamides is 1. The summed E-state index contributed by atoms with van der Waals surface area (Å²) in [6, 6.07) is 26.1. The van der Waals surface area contributed by atoms with Gasteiger partial charge in [0.15, 0.2) is 0 Å². The number of halogens is 1. The lowest BCUT2D eigenvalue weighted by atomic mass is 9.96. The predicted octanol–water partition coefficient (Wildman–Crippen LogP) is 6.73. The fourth-order valence-electron chi connectivity index (χ4n) is 7.68. The van der Waals surface area contributed by atoms with E-state index in [4.69, 9.17) is 9.15 Å². The molecule has 2 N–H and O–H groups in total. The molecule has 0 radical (unpaired) electrons. The van der Waals surface area contributed by atoms with Crippen molar-refractivity contribution in [2.45, 2.75) is 31.5 Å². The van der Waals surface area contributed by atoms with Crippen molar-refractivity contribution in [3.8, 4) is 39.5 Å². The van der Waals surface area contributed by atoms with E-state index < -0.39 is 21.7 Å². The van der Waals surface area contributed by atoms with Crippen LogP contribution in [0.3, 0.4) is 0 Å². The van der Waals surface area contributed by atoms with Crippen LogP contribution in [0.25, 0.3) is 55.6 Å². The van der Waals surface area contributed by atoms with Crippen LogP contribution in [0.5, 0.6) is 5.75 Å². The Kier molecular flexibility index (Phi) is 9.00. The smallest absolute Gasteiger partial charge is 0.255 e. The third-order valence-electron chi connectivity index (χ3n) is 10.6. The first kappa shape index (κ1) is 34.9. The number of aromatic nitrogens is 1. The molecule has 274 valence electrons. The minimum Gasteiger partial charge on any atom is -0.491 e. The van der Waals surface area contributed by atoms with Crippen molar-refractivity contribution in [1.29, 1.82) is 0 Å². The highest BCUT2D eigenvalue weighted by atomic mass is 32.2. The Hall–Kier alpha value is -5.17. The molecule has 0 saturated carbocycles. The number of carbonyl (C=O) groups excluding carboxylic acids is 1. The minimum atomic E-state index is -3.72. The minimum absolute atomic E-state index is 0.0859. The molecule has 8 rings (SSSR count). The molecule has 1 amide bonds. The number of amides is 1. The summed E-state index contributed by atoms with van der Waals surface area (Å²) in [7, 11) is 1.47. The molecule has 2 aromatic heterocycles. The summed E-state index contributed by atoms with van der Waals surface area (Å²) >= 11 is 0. The Morgan fingerprint density at radius 2 is 1.66 bits per heavy atom. The Balaban J connectivity index is 1.29. The van der Waals surface area contributed by atoms with Crippen LogP contribution in [0.15, 0.2) is 89.3 Å². The van der Waals surface area contributed by atoms with Crippen molar-refractivity contribution < 1.29 is 26.8 Å². The molecule has 53 heavy (non-hydrogen) atoms. The van der Waals surface area contributed by atoms with Crippen molar-refractivity contribution in [1.82, 2.24) is 20.1 Å². The lowest BCUT2D eigenvalue weighted by molar-refractivity contribution is 0.0964. The number of likely N-dealkylation sites (tertiary alicyclic amines) is 1. The molecule has 0 bridgehead atoms. The Labute approximate surface area is 308 Å². The quantitative estimate of drug-likeness (QED) is 0.187. The number of rotatable bonds is 7. The number of fused-ring (bicyclic) bond motifs is 6. The number of para-hydroxylation sites is 1. The van der Waals surface area contributed by atoms with Crippen molar-refractivity contribution in [3.05, 3.63) is 96.3 Å². The van der Waals surface area contributed by atoms with Gasteiger partial charge in [0.1, 0.15) is 29.5 Å². The number of piperidine rings is 1. The van der Waals surface area contributed by atoms with E-state index >= 15 is 0 Å². The van der Waals surface area contributed by atoms with Crippen LogP contribution in [0.2, 0.25) is 0 Å². The van der Waals surface area contributed by atoms with E-state index in [1.165, 1.54) is 30.5 Å². The van der Waals surface area contributed by atoms with Gasteiger partial charge in [0.25, 0.3) is 5.91 Å². The molecular formula is C41H42FN5O5S. The second-order valence-corrected chi connectivity index (χ2v) is 16.2. The maximum absolute atomic E-state index is 13.9. The number of benzene rings is 4. The van der Waals surface area contributed by atoms with Crippen LogP contribution < -0.4 is 19.7 Å². The topological polar surface area (TPSA) is 109 Å². The molecular weight excluding hydrogens is 694 g/mol. The van der Waals surface area contributed by atoms with Gasteiger partial charge in [-0.05, 0) is 93.1 Å². The largest absolute Gasteiger partial charge is 0.491 e. The standard InChI is InChI=1S/C41H42FN5O5S/c1-43-41(48)39-33-21-31(35(46(3)53(4,49)50)22-38(33)52-40(39)25-9-12-28(42)13-10-25)26-11-14-37-32(19-26)36-20-27-7-5-6-8-34(27)47(36)23-30(24-51-37)44-29-15-17-45(2)18-16-29/h5-14,19-22,29-30,44H,15-18,23-24H2,1-4H3,(H,43,48). The van der Waals surface area contributed by atoms with Gasteiger partial charge in [-0.25, -0.2) is 12.8 Å². The molecule has 2 aliphatic heterocycles. The number of hydrogen-bond donors (Lipinski definition) is 2. The van der Waals surface area contributed by atoms with Gasteiger partial charge in [-0.15, -0.1) is 0 Å². The molecule has 4 heterocycles. The first-order valence-corrected chi connectivity index (χ1v) is 19.7. The summed E-state index contributed by atoms with van der Waals surface area (Å²) in [5.74, 6) is 0.165. The molecule has 0 aliphatic carbocycles. The SMILES string of the molecule is CNC(=O)c1c(-c2ccc(F)cc2)oc2cc(N(C)S(C)(=O)=O)c(-c3ccc4c(c3)-c3cc5ccccc5n3CC(NC3CCN(C)CC3)CO4)cc12. The highest BCUT2D eigenvalue weighted by Crippen LogP contribution is 2.44. The van der Waals surface area contributed by atoms with Gasteiger partial charge in [0.05, 0.1) is 29.2 Å². The van der Waals surface area contributed by atoms with E-state index in [0.29, 0.717) is 47.0 Å². The van der Waals surface area contributed by atoms with Crippen LogP contribution in [-0.2, 0) is 16.6 Å². The molecule has 1 fully saturated rings. The molecule has 6 aromatic rings. The molecule has 2 aliphatic rings. The summed E-state index contributed by atoms with van der Waals surface area (Å²) in [6.45, 7) is 3.32. The van der Waals surface area contributed by atoms with Crippen molar-refractivity contribution in [2.75, 3.05) is 51.4 Å². The fourth-order valence-corrected chi connectivity index (χ4v) is 8.19. The number of carbonyl (C=O) groups is 1. The second kappa shape index (κ2) is 13.7. The van der Waals surface area contributed by atoms with Crippen LogP contribution in [-0.4, -0.2) is 83.0 Å². The lowest BCUT2D eigenvalue weighted by Crippen LogP contribution is -2.49. The van der Waals surface area contributed by atoms with Gasteiger partial charge < -0.3 is 29.3 Å². The van der Waals surface area contributed by atoms with E-state index in [0.717, 1.165) is 65.7 Å². The van der Waals surface area contributed by atoms with E-state index in [9.17, 15) is 17.6 Å². The summed E-state index contributed by atoms with van der Waals surface area (Å²) < 4.78 is 56.4. The fraction of sp³-hybridized carbons (Fsp3) is 0.293. The zero-order valence-corrected chi connectivity index (χ0v) is 31.0. The first-order valence-electron chi connectivity index (χ1n) is 17.8. The normalized spacial score (nSPS) is 16.8. The van der Waals surface area contributed by atoms with Crippen LogP contribution >= 0.6 is 0 Å². The maximum atomic E-state index is 13.9. The third kappa shape index (κ3) is 6.55. The average molecular weight is 736 g/mol. The van der Waals surface area contributed by atoms with Gasteiger partial charge in [-0.1, -0.05) is 24.3 Å². The van der Waals surface area contributed by atoms with Crippen LogP contribution in [0.4, 0.5) is 10.1 Å². The predicted molar refractivity (Wildman–Crippen MR) is 208 cm³/mol. The maximum Gasteiger partial charge on any atom is 0.255 e. The Bertz CT molecular complexity index is 2470. The summed E-state index contributed by atoms with van der Waals surface area (Å²) in [4.78, 5) is 15.8. The summed E-state index contributed by atoms with van der Waals surface area (Å²) in [5, 5.41) is 8.21. The van der Waals surface area contributed by atoms with Gasteiger partial charge in [0.2, 0.25) is 10.0 Å². The van der Waals surface area contributed by atoms with E-state index in [1.54, 1.807) is 24.3 Å². The van der Waals surface area contributed by atoms with Crippen LogP contribution in [0, 0.1) is 5.82 Å². The van der Waals surface area contributed by atoms with Crippen molar-refractivity contribution in [2.24, 2.45) is 0 Å². The van der Waals surface area contributed by atoms with Crippen molar-refractivity contribution >= 4 is 43.5 Å². The first-order chi connectivity index (χ1) is 25.5. The molecule has 1 saturated heterocycles. The van der Waals surface area contributed by atoms with Crippen molar-refractivity contribution in [3.63, 3.8) is 0 Å². The zero-order valence-electron chi connectivity index (χ0n) is 30.1. The number of nitrogens with one attached hydrogen (secondary N) is 2. The number of anilines is 1. The van der Waals surface area contributed by atoms with E-state index in [-0.39, 0.29) is 17.4 Å². The molecule has 0 spiro atoms. The Morgan fingerprint density at radius 1 is 0.925 bits per heavy atom. The molecule has 1 atom stereocenters. The summed E-state index contributed by atoms with van der Waals surface area (Å²) in [6.07, 6.45) is 3.32. The number of nitrogens with zero attached hydrogens (tertiary/aromatic N) is 3. The lowest BCUT2D eigenvalue weighted by Gasteiger charge is -2.34. The number of furan rings is 1. The number of hydrogen-bond acceptors (Lipinski definition) is 7. The van der Waals surface area contributed by atoms with Gasteiger partial charge in [-0.2, -0.15) is 0 Å². The van der Waals surface area contributed by atoms with Crippen LogP contribution in [0.1, 0.15) is 23.2 Å². The zero-order chi connectivity index (χ0) is 37.0. The van der Waals surface area contributed by atoms with Gasteiger partial charge in [-0.3, -0.25) is 9.10 Å². The van der Waals surface area contributed by atoms with E-state index in [2.05, 4.69) is 51.4 Å². The molecule has 10 nitrogen and oxygen atoms in total. The third-order valence-corrected chi connectivity index (χ3v) is 11.8. The highest BCUT2D eigenvalue weighted by Gasteiger charge is 2.29. The monoisotopic (exact) mass is 735 g/mol. The molecule has 1 unspecified atom stereocenters. The molecule has 4 aromatic carbocycles. The second-order valence-electron chi connectivity index (χ2n) is 14.2. The van der Waals surface area contributed by atoms with E-state index in [1.807, 2.05) is 24.3 Å². The Morgan fingerprint density at radius 3 is 2.40 bits per heavy atom. The van der Waals surface area contributed by atoms with Gasteiger partial charge >= 0.3 is 0 Å². The summed E-state index contributed by atoms with van der Waals surface area (Å²) in [5.41, 5.74) is 5.75. The number of ether oxygens (including phenoxy) is 1. The molecule has 12 heteroatoms.